The number of rotatable bonds is 6. The van der Waals surface area contributed by atoms with E-state index in [0.29, 0.717) is 30.0 Å². The molecule has 1 fully saturated rings. The molecule has 0 aliphatic carbocycles. The van der Waals surface area contributed by atoms with Crippen molar-refractivity contribution in [2.24, 2.45) is 0 Å². The smallest absolute Gasteiger partial charge is 0.244 e. The topological polar surface area (TPSA) is 59.5 Å². The van der Waals surface area contributed by atoms with E-state index < -0.39 is 10.0 Å². The summed E-state index contributed by atoms with van der Waals surface area (Å²) in [6.07, 6.45) is 3.53. The van der Waals surface area contributed by atoms with E-state index in [1.807, 2.05) is 36.6 Å². The standard InChI is InChI=1S/C20H22N2O3S2/c1-15-8-9-19(18-7-2-10-21-20(15)18)27(23,24)22(13-16-5-3-11-25-16)14-17-6-4-12-26-17/h2,4,6-10,12,16H,3,5,11,13-14H2,1H3. The maximum absolute atomic E-state index is 13.6. The van der Waals surface area contributed by atoms with Gasteiger partial charge in [-0.2, -0.15) is 4.31 Å². The van der Waals surface area contributed by atoms with Crippen LogP contribution in [0.15, 0.2) is 52.9 Å². The molecule has 0 amide bonds. The molecule has 1 aromatic carbocycles. The molecule has 0 saturated carbocycles. The Morgan fingerprint density at radius 2 is 2.15 bits per heavy atom. The lowest BCUT2D eigenvalue weighted by molar-refractivity contribution is 0.0928. The Balaban J connectivity index is 1.76. The van der Waals surface area contributed by atoms with Crippen LogP contribution in [0.1, 0.15) is 23.3 Å². The molecule has 1 unspecified atom stereocenters. The van der Waals surface area contributed by atoms with Crippen molar-refractivity contribution in [3.8, 4) is 0 Å². The van der Waals surface area contributed by atoms with E-state index in [1.54, 1.807) is 34.0 Å². The number of nitrogens with zero attached hydrogens (tertiary/aromatic N) is 2. The maximum atomic E-state index is 13.6. The first kappa shape index (κ1) is 18.6. The molecule has 0 radical (unpaired) electrons. The number of pyridine rings is 1. The molecule has 27 heavy (non-hydrogen) atoms. The summed E-state index contributed by atoms with van der Waals surface area (Å²) in [6.45, 7) is 3.38. The summed E-state index contributed by atoms with van der Waals surface area (Å²) in [5, 5.41) is 2.64. The fourth-order valence-corrected chi connectivity index (χ4v) is 5.92. The van der Waals surface area contributed by atoms with Gasteiger partial charge in [0.2, 0.25) is 10.0 Å². The first-order chi connectivity index (χ1) is 13.1. The van der Waals surface area contributed by atoms with Crippen molar-refractivity contribution in [2.75, 3.05) is 13.2 Å². The normalized spacial score (nSPS) is 17.8. The Labute approximate surface area is 163 Å². The monoisotopic (exact) mass is 402 g/mol. The second-order valence-electron chi connectivity index (χ2n) is 6.79. The molecule has 3 aromatic rings. The third-order valence-electron chi connectivity index (χ3n) is 4.89. The minimum Gasteiger partial charge on any atom is -0.377 e. The highest BCUT2D eigenvalue weighted by atomic mass is 32.2. The zero-order valence-corrected chi connectivity index (χ0v) is 16.8. The van der Waals surface area contributed by atoms with Crippen molar-refractivity contribution in [2.45, 2.75) is 37.3 Å². The molecule has 1 atom stereocenters. The zero-order valence-electron chi connectivity index (χ0n) is 15.2. The number of thiophene rings is 1. The van der Waals surface area contributed by atoms with Crippen molar-refractivity contribution in [3.63, 3.8) is 0 Å². The number of hydrogen-bond acceptors (Lipinski definition) is 5. The molecule has 3 heterocycles. The summed E-state index contributed by atoms with van der Waals surface area (Å²) in [6, 6.07) is 11.1. The third-order valence-corrected chi connectivity index (χ3v) is 7.62. The van der Waals surface area contributed by atoms with Gasteiger partial charge in [0, 0.05) is 36.2 Å². The largest absolute Gasteiger partial charge is 0.377 e. The van der Waals surface area contributed by atoms with Gasteiger partial charge in [0.1, 0.15) is 0 Å². The highest BCUT2D eigenvalue weighted by molar-refractivity contribution is 7.89. The fourth-order valence-electron chi connectivity index (χ4n) is 3.49. The van der Waals surface area contributed by atoms with Crippen LogP contribution in [0, 0.1) is 6.92 Å². The molecule has 0 spiro atoms. The first-order valence-electron chi connectivity index (χ1n) is 9.04. The van der Waals surface area contributed by atoms with E-state index in [1.165, 1.54) is 0 Å². The Morgan fingerprint density at radius 1 is 1.26 bits per heavy atom. The number of hydrogen-bond donors (Lipinski definition) is 0. The van der Waals surface area contributed by atoms with Gasteiger partial charge < -0.3 is 4.74 Å². The molecular weight excluding hydrogens is 380 g/mol. The Morgan fingerprint density at radius 3 is 2.89 bits per heavy atom. The molecule has 1 aliphatic heterocycles. The van der Waals surface area contributed by atoms with Crippen molar-refractivity contribution in [1.82, 2.24) is 9.29 Å². The van der Waals surface area contributed by atoms with Gasteiger partial charge >= 0.3 is 0 Å². The van der Waals surface area contributed by atoms with Crippen LogP contribution < -0.4 is 0 Å². The van der Waals surface area contributed by atoms with E-state index in [9.17, 15) is 8.42 Å². The van der Waals surface area contributed by atoms with Crippen LogP contribution in [-0.2, 0) is 21.3 Å². The molecule has 142 valence electrons. The molecular formula is C20H22N2O3S2. The predicted octanol–water partition coefficient (Wildman–Crippen LogP) is 3.97. The van der Waals surface area contributed by atoms with Gasteiger partial charge in [-0.05, 0) is 55.0 Å². The lowest BCUT2D eigenvalue weighted by Gasteiger charge is -2.25. The minimum atomic E-state index is -3.69. The van der Waals surface area contributed by atoms with E-state index in [4.69, 9.17) is 4.74 Å². The van der Waals surface area contributed by atoms with Crippen LogP contribution in [0.5, 0.6) is 0 Å². The first-order valence-corrected chi connectivity index (χ1v) is 11.4. The molecule has 5 nitrogen and oxygen atoms in total. The average Bonchev–Trinajstić information content (AvgIpc) is 3.35. The van der Waals surface area contributed by atoms with Crippen molar-refractivity contribution < 1.29 is 13.2 Å². The summed E-state index contributed by atoms with van der Waals surface area (Å²) < 4.78 is 34.5. The Hall–Kier alpha value is -1.80. The van der Waals surface area contributed by atoms with Crippen molar-refractivity contribution in [1.29, 1.82) is 0 Å². The predicted molar refractivity (Wildman–Crippen MR) is 107 cm³/mol. The lowest BCUT2D eigenvalue weighted by Crippen LogP contribution is -2.36. The molecule has 2 aromatic heterocycles. The van der Waals surface area contributed by atoms with Crippen molar-refractivity contribution >= 4 is 32.3 Å². The summed E-state index contributed by atoms with van der Waals surface area (Å²) >= 11 is 1.57. The van der Waals surface area contributed by atoms with E-state index in [-0.39, 0.29) is 6.10 Å². The Kier molecular flexibility index (Phi) is 5.27. The highest BCUT2D eigenvalue weighted by Crippen LogP contribution is 2.29. The van der Waals surface area contributed by atoms with E-state index in [0.717, 1.165) is 28.8 Å². The number of aromatic nitrogens is 1. The van der Waals surface area contributed by atoms with Gasteiger partial charge in [-0.1, -0.05) is 12.1 Å². The van der Waals surface area contributed by atoms with Gasteiger partial charge in [0.25, 0.3) is 0 Å². The van der Waals surface area contributed by atoms with Crippen LogP contribution in [0.2, 0.25) is 0 Å². The highest BCUT2D eigenvalue weighted by Gasteiger charge is 2.31. The second kappa shape index (κ2) is 7.67. The van der Waals surface area contributed by atoms with Crippen LogP contribution in [0.3, 0.4) is 0 Å². The van der Waals surface area contributed by atoms with Gasteiger partial charge in [-0.15, -0.1) is 11.3 Å². The number of sulfonamides is 1. The molecule has 1 aliphatic rings. The number of aryl methyl sites for hydroxylation is 1. The lowest BCUT2D eigenvalue weighted by atomic mass is 10.1. The molecule has 7 heteroatoms. The van der Waals surface area contributed by atoms with Gasteiger partial charge in [0.15, 0.2) is 0 Å². The quantitative estimate of drug-likeness (QED) is 0.626. The minimum absolute atomic E-state index is 0.0467. The molecule has 4 rings (SSSR count). The molecule has 1 saturated heterocycles. The van der Waals surface area contributed by atoms with Gasteiger partial charge in [0.05, 0.1) is 16.5 Å². The maximum Gasteiger partial charge on any atom is 0.244 e. The fraction of sp³-hybridized carbons (Fsp3) is 0.350. The van der Waals surface area contributed by atoms with Crippen molar-refractivity contribution in [3.05, 3.63) is 58.4 Å². The van der Waals surface area contributed by atoms with Crippen LogP contribution in [-0.4, -0.2) is 37.0 Å². The zero-order chi connectivity index (χ0) is 18.9. The average molecular weight is 403 g/mol. The molecule has 0 bridgehead atoms. The van der Waals surface area contributed by atoms with Crippen LogP contribution in [0.4, 0.5) is 0 Å². The number of ether oxygens (including phenoxy) is 1. The summed E-state index contributed by atoms with van der Waals surface area (Å²) in [5.74, 6) is 0. The number of benzene rings is 1. The van der Waals surface area contributed by atoms with Gasteiger partial charge in [-0.3, -0.25) is 4.98 Å². The van der Waals surface area contributed by atoms with E-state index >= 15 is 0 Å². The summed E-state index contributed by atoms with van der Waals surface area (Å²) in [5.41, 5.74) is 1.69. The Bertz CT molecular complexity index is 1030. The van der Waals surface area contributed by atoms with Crippen LogP contribution in [0.25, 0.3) is 10.9 Å². The second-order valence-corrected chi connectivity index (χ2v) is 9.73. The SMILES string of the molecule is Cc1ccc(S(=O)(=O)N(Cc2cccs2)CC2CCCO2)c2cccnc12. The summed E-state index contributed by atoms with van der Waals surface area (Å²) in [4.78, 5) is 5.72. The van der Waals surface area contributed by atoms with Gasteiger partial charge in [-0.25, -0.2) is 8.42 Å². The summed E-state index contributed by atoms with van der Waals surface area (Å²) in [7, 11) is -3.69. The number of fused-ring (bicyclic) bond motifs is 1. The van der Waals surface area contributed by atoms with E-state index in [2.05, 4.69) is 4.98 Å². The third kappa shape index (κ3) is 3.78. The molecule has 0 N–H and O–H groups in total. The van der Waals surface area contributed by atoms with Crippen LogP contribution >= 0.6 is 11.3 Å².